The van der Waals surface area contributed by atoms with Gasteiger partial charge in [-0.05, 0) is 36.1 Å². The summed E-state index contributed by atoms with van der Waals surface area (Å²) < 4.78 is 80.0. The molecule has 5 aromatic carbocycles. The first-order valence-corrected chi connectivity index (χ1v) is 21.5. The molecule has 0 aliphatic carbocycles. The quantitative estimate of drug-likeness (QED) is 0.0956. The average molecular weight is 753 g/mol. The topological polar surface area (TPSA) is 0 Å². The van der Waals surface area contributed by atoms with Gasteiger partial charge in [0.15, 0.2) is 0 Å². The van der Waals surface area contributed by atoms with E-state index in [0.717, 1.165) is 39.0 Å². The molecule has 0 fully saturated rings. The fourth-order valence-corrected chi connectivity index (χ4v) is 6.64. The van der Waals surface area contributed by atoms with Crippen molar-refractivity contribution in [3.05, 3.63) is 113 Å². The zero-order valence-corrected chi connectivity index (χ0v) is 29.6. The van der Waals surface area contributed by atoms with Crippen LogP contribution in [0.5, 0.6) is 0 Å². The van der Waals surface area contributed by atoms with Gasteiger partial charge in [0.25, 0.3) is 0 Å². The Labute approximate surface area is 280 Å². The van der Waals surface area contributed by atoms with Crippen molar-refractivity contribution in [1.82, 2.24) is 0 Å². The molecule has 0 spiro atoms. The molecule has 10 heteroatoms. The van der Waals surface area contributed by atoms with Crippen molar-refractivity contribution >= 4 is 47.7 Å². The number of alkyl halides is 6. The monoisotopic (exact) mass is 750 g/mol. The Morgan fingerprint density at radius 3 is 2.07 bits per heavy atom. The fraction of sp³-hybridized carbons (Fsp3) is 0.229. The predicted octanol–water partition coefficient (Wildman–Crippen LogP) is 10.8. The molecule has 1 unspecified atom stereocenters. The molecule has 0 saturated heterocycles. The first-order chi connectivity index (χ1) is 21.3. The van der Waals surface area contributed by atoms with E-state index in [1.165, 1.54) is 21.5 Å². The number of hydrogen-bond donors (Lipinski definition) is 0. The van der Waals surface area contributed by atoms with Crippen molar-refractivity contribution in [3.63, 3.8) is 0 Å². The molecule has 1 aliphatic rings. The van der Waals surface area contributed by atoms with Gasteiger partial charge in [0.1, 0.15) is 0 Å². The van der Waals surface area contributed by atoms with Gasteiger partial charge >= 0.3 is 50.2 Å². The van der Waals surface area contributed by atoms with Crippen LogP contribution in [0, 0.1) is 6.07 Å². The molecule has 0 nitrogen and oxygen atoms in total. The molecule has 0 amide bonds. The van der Waals surface area contributed by atoms with Gasteiger partial charge < -0.3 is 0 Å². The van der Waals surface area contributed by atoms with Crippen molar-refractivity contribution in [1.29, 1.82) is 0 Å². The van der Waals surface area contributed by atoms with Crippen molar-refractivity contribution < 1.29 is 47.2 Å². The van der Waals surface area contributed by atoms with Gasteiger partial charge in [-0.1, -0.05) is 73.3 Å². The van der Waals surface area contributed by atoms with E-state index < -0.39 is 44.3 Å². The van der Waals surface area contributed by atoms with Gasteiger partial charge in [-0.25, -0.2) is 0 Å². The molecule has 45 heavy (non-hydrogen) atoms. The molecular formula is C35H28Cl2F6SiZr. The van der Waals surface area contributed by atoms with Gasteiger partial charge in [-0.3, -0.25) is 0 Å². The van der Waals surface area contributed by atoms with E-state index in [1.54, 1.807) is 6.07 Å². The first kappa shape index (κ1) is 35.6. The zero-order chi connectivity index (χ0) is 32.9. The van der Waals surface area contributed by atoms with Gasteiger partial charge in [0, 0.05) is 0 Å². The van der Waals surface area contributed by atoms with Crippen LogP contribution in [0.2, 0.25) is 0 Å². The molecule has 0 N–H and O–H groups in total. The standard InChI is InChI=1S/C23H21F6.C12H7Si.2ClH.Zr/c1-4-13(3)16-8-15-7-6-14(5-2)21(20(15)11-16)17-9-18(22(24,25)26)12-19(10-17)23(27,28)29;1-3-7-11-9(5-1)10-6-2-4-8-12(10)13-11;;;/h6-13H,4-5H2,1-3H3;1-7H;2*1H;/q2*-1;;;+4/p-2. The van der Waals surface area contributed by atoms with E-state index in [2.05, 4.69) is 42.5 Å². The molecular weight excluding hydrogens is 725 g/mol. The maximum absolute atomic E-state index is 13.3. The molecule has 1 atom stereocenters. The first-order valence-electron chi connectivity index (χ1n) is 14.2. The molecule has 1 aliphatic heterocycles. The minimum Gasteiger partial charge on any atom is -0.184 e. The summed E-state index contributed by atoms with van der Waals surface area (Å²) in [6.45, 7) is 5.91. The van der Waals surface area contributed by atoms with E-state index in [9.17, 15) is 26.3 Å². The summed E-state index contributed by atoms with van der Waals surface area (Å²) >= 11 is -0.826. The minimum atomic E-state index is -4.87. The summed E-state index contributed by atoms with van der Waals surface area (Å²) in [5, 5.41) is 4.33. The molecule has 5 aromatic rings. The smallest absolute Gasteiger partial charge is 0.0920 e. The van der Waals surface area contributed by atoms with Crippen LogP contribution in [0.4, 0.5) is 26.3 Å². The third-order valence-electron chi connectivity index (χ3n) is 7.77. The van der Waals surface area contributed by atoms with Crippen LogP contribution in [-0.4, -0.2) is 9.52 Å². The molecule has 0 saturated carbocycles. The van der Waals surface area contributed by atoms with Crippen molar-refractivity contribution in [2.45, 2.75) is 51.9 Å². The second kappa shape index (κ2) is 15.1. The summed E-state index contributed by atoms with van der Waals surface area (Å²) in [7, 11) is 10.7. The Morgan fingerprint density at radius 1 is 0.844 bits per heavy atom. The summed E-state index contributed by atoms with van der Waals surface area (Å²) in [4.78, 5) is 0. The maximum Gasteiger partial charge on any atom is 0.0920 e. The van der Waals surface area contributed by atoms with Crippen LogP contribution in [0.15, 0.2) is 84.9 Å². The van der Waals surface area contributed by atoms with Gasteiger partial charge in [-0.15, -0.1) is 40.1 Å². The SMILES string of the molecule is CCc1ccc2[cH-]c(C(C)CC)cc2c1-c1cc(C(F)(F)F)cc(C(F)(F)F)c1.[Cl][Zr+2][Cl].[c-]1cccc2c1[Si]c1ccccc1-2. The number of aryl methyl sites for hydroxylation is 1. The van der Waals surface area contributed by atoms with Gasteiger partial charge in [-0.2, -0.15) is 61.9 Å². The van der Waals surface area contributed by atoms with Crippen LogP contribution in [0.1, 0.15) is 55.4 Å². The fourth-order valence-electron chi connectivity index (χ4n) is 5.33. The van der Waals surface area contributed by atoms with Crippen LogP contribution >= 0.6 is 17.0 Å². The number of hydrogen-bond acceptors (Lipinski definition) is 0. The molecule has 0 aromatic heterocycles. The largest absolute Gasteiger partial charge is 0.184 e. The predicted molar refractivity (Wildman–Crippen MR) is 171 cm³/mol. The van der Waals surface area contributed by atoms with E-state index in [-0.39, 0.29) is 17.5 Å². The normalized spacial score (nSPS) is 12.7. The van der Waals surface area contributed by atoms with Crippen molar-refractivity contribution in [3.8, 4) is 22.3 Å². The Hall–Kier alpha value is -2.25. The minimum absolute atomic E-state index is 0.0594. The van der Waals surface area contributed by atoms with Crippen LogP contribution in [-0.2, 0) is 39.6 Å². The average Bonchev–Trinajstić information content (AvgIpc) is 3.61. The maximum atomic E-state index is 13.3. The molecule has 2 radical (unpaired) electrons. The van der Waals surface area contributed by atoms with Crippen LogP contribution < -0.4 is 10.4 Å². The van der Waals surface area contributed by atoms with E-state index in [4.69, 9.17) is 17.0 Å². The molecule has 1 heterocycles. The van der Waals surface area contributed by atoms with E-state index >= 15 is 0 Å². The Balaban J connectivity index is 0.000000236. The Morgan fingerprint density at radius 2 is 1.47 bits per heavy atom. The Kier molecular flexibility index (Phi) is 11.9. The second-order valence-corrected chi connectivity index (χ2v) is 15.6. The zero-order valence-electron chi connectivity index (χ0n) is 24.6. The van der Waals surface area contributed by atoms with Crippen molar-refractivity contribution in [2.24, 2.45) is 0 Å². The summed E-state index contributed by atoms with van der Waals surface area (Å²) in [6.07, 6.45) is -8.37. The van der Waals surface area contributed by atoms with Gasteiger partial charge in [0.05, 0.1) is 20.6 Å². The summed E-state index contributed by atoms with van der Waals surface area (Å²) in [5.74, 6) is 0.243. The third-order valence-corrected chi connectivity index (χ3v) is 9.14. The van der Waals surface area contributed by atoms with Gasteiger partial charge in [0.2, 0.25) is 0 Å². The van der Waals surface area contributed by atoms with E-state index in [1.807, 2.05) is 45.0 Å². The molecule has 6 rings (SSSR count). The number of fused-ring (bicyclic) bond motifs is 4. The molecule has 232 valence electrons. The van der Waals surface area contributed by atoms with Crippen molar-refractivity contribution in [2.75, 3.05) is 0 Å². The molecule has 0 bridgehead atoms. The number of benzene rings is 4. The van der Waals surface area contributed by atoms with Crippen LogP contribution in [0.3, 0.4) is 0 Å². The summed E-state index contributed by atoms with van der Waals surface area (Å²) in [5.41, 5.74) is 2.30. The van der Waals surface area contributed by atoms with E-state index in [0.29, 0.717) is 22.9 Å². The third kappa shape index (κ3) is 8.38. The van der Waals surface area contributed by atoms with Crippen LogP contribution in [0.25, 0.3) is 33.0 Å². The second-order valence-electron chi connectivity index (χ2n) is 10.5. The number of halogens is 8. The summed E-state index contributed by atoms with van der Waals surface area (Å²) in [6, 6.07) is 27.5. The number of rotatable bonds is 4. The Bertz CT molecular complexity index is 1680.